The molecule has 2 aromatic rings. The molecule has 0 bridgehead atoms. The van der Waals surface area contributed by atoms with Crippen LogP contribution < -0.4 is 5.73 Å². The van der Waals surface area contributed by atoms with E-state index < -0.39 is 6.23 Å². The summed E-state index contributed by atoms with van der Waals surface area (Å²) in [6, 6.07) is 8.26. The molecule has 1 heterocycles. The first kappa shape index (κ1) is 10.2. The fraction of sp³-hybridized carbons (Fsp3) is 0.333. The highest BCUT2D eigenvalue weighted by atomic mass is 16.3. The predicted octanol–water partition coefficient (Wildman–Crippen LogP) is 1.39. The van der Waals surface area contributed by atoms with Crippen LogP contribution in [0.3, 0.4) is 0 Å². The summed E-state index contributed by atoms with van der Waals surface area (Å²) in [7, 11) is 2.03. The fourth-order valence-electron chi connectivity index (χ4n) is 1.93. The number of nitrogens with zero attached hydrogens (tertiary/aromatic N) is 1. The SMILES string of the molecule is Cn1cc(CCC(N)O)c2ccccc21. The summed E-state index contributed by atoms with van der Waals surface area (Å²) in [5.74, 6) is 0. The Morgan fingerprint density at radius 3 is 2.87 bits per heavy atom. The van der Waals surface area contributed by atoms with Crippen LogP contribution in [0.2, 0.25) is 0 Å². The second-order valence-corrected chi connectivity index (χ2v) is 3.89. The lowest BCUT2D eigenvalue weighted by molar-refractivity contribution is 0.172. The van der Waals surface area contributed by atoms with Crippen molar-refractivity contribution in [2.45, 2.75) is 19.1 Å². The van der Waals surface area contributed by atoms with Gasteiger partial charge in [-0.25, -0.2) is 0 Å². The van der Waals surface area contributed by atoms with Crippen LogP contribution in [-0.4, -0.2) is 15.9 Å². The van der Waals surface area contributed by atoms with Crippen molar-refractivity contribution in [1.82, 2.24) is 4.57 Å². The number of para-hydroxylation sites is 1. The third kappa shape index (κ3) is 2.03. The number of aliphatic hydroxyl groups is 1. The molecule has 3 nitrogen and oxygen atoms in total. The van der Waals surface area contributed by atoms with Crippen LogP contribution in [0.4, 0.5) is 0 Å². The number of hydrogen-bond donors (Lipinski definition) is 2. The zero-order valence-corrected chi connectivity index (χ0v) is 8.85. The molecule has 1 unspecified atom stereocenters. The third-order valence-electron chi connectivity index (χ3n) is 2.69. The standard InChI is InChI=1S/C12H16N2O/c1-14-8-9(6-7-12(13)15)10-4-2-3-5-11(10)14/h2-5,8,12,15H,6-7,13H2,1H3. The van der Waals surface area contributed by atoms with Crippen molar-refractivity contribution >= 4 is 10.9 Å². The number of rotatable bonds is 3. The van der Waals surface area contributed by atoms with Crippen LogP contribution in [0.5, 0.6) is 0 Å². The molecule has 1 aromatic heterocycles. The van der Waals surface area contributed by atoms with Crippen molar-refractivity contribution in [1.29, 1.82) is 0 Å². The van der Waals surface area contributed by atoms with E-state index in [0.717, 1.165) is 6.42 Å². The number of hydrogen-bond acceptors (Lipinski definition) is 2. The van der Waals surface area contributed by atoms with Crippen molar-refractivity contribution < 1.29 is 5.11 Å². The van der Waals surface area contributed by atoms with Gasteiger partial charge in [0.2, 0.25) is 0 Å². The van der Waals surface area contributed by atoms with E-state index in [4.69, 9.17) is 10.8 Å². The number of aromatic nitrogens is 1. The van der Waals surface area contributed by atoms with Gasteiger partial charge in [0, 0.05) is 24.1 Å². The molecule has 0 saturated carbocycles. The van der Waals surface area contributed by atoms with Crippen LogP contribution in [-0.2, 0) is 13.5 Å². The average molecular weight is 204 g/mol. The molecule has 0 amide bonds. The van der Waals surface area contributed by atoms with Crippen molar-refractivity contribution in [2.24, 2.45) is 12.8 Å². The van der Waals surface area contributed by atoms with Gasteiger partial charge in [0.15, 0.2) is 0 Å². The number of benzene rings is 1. The molecule has 15 heavy (non-hydrogen) atoms. The second kappa shape index (κ2) is 4.04. The molecule has 0 fully saturated rings. The predicted molar refractivity (Wildman–Crippen MR) is 61.4 cm³/mol. The van der Waals surface area contributed by atoms with Crippen LogP contribution in [0.15, 0.2) is 30.5 Å². The van der Waals surface area contributed by atoms with Gasteiger partial charge in [-0.15, -0.1) is 0 Å². The first-order valence-corrected chi connectivity index (χ1v) is 5.15. The number of aryl methyl sites for hydroxylation is 2. The fourth-order valence-corrected chi connectivity index (χ4v) is 1.93. The van der Waals surface area contributed by atoms with E-state index in [1.54, 1.807) is 0 Å². The Balaban J connectivity index is 2.35. The van der Waals surface area contributed by atoms with E-state index in [2.05, 4.69) is 22.9 Å². The Bertz CT molecular complexity index is 460. The minimum Gasteiger partial charge on any atom is -0.379 e. The molecule has 0 aliphatic rings. The van der Waals surface area contributed by atoms with E-state index in [0.29, 0.717) is 6.42 Å². The van der Waals surface area contributed by atoms with Gasteiger partial charge in [-0.3, -0.25) is 0 Å². The summed E-state index contributed by atoms with van der Waals surface area (Å²) >= 11 is 0. The van der Waals surface area contributed by atoms with Crippen molar-refractivity contribution in [3.63, 3.8) is 0 Å². The van der Waals surface area contributed by atoms with Crippen LogP contribution in [0.1, 0.15) is 12.0 Å². The minimum atomic E-state index is -0.719. The van der Waals surface area contributed by atoms with Gasteiger partial charge < -0.3 is 15.4 Å². The highest BCUT2D eigenvalue weighted by Gasteiger charge is 2.06. The number of aliphatic hydroxyl groups excluding tert-OH is 1. The Morgan fingerprint density at radius 2 is 2.13 bits per heavy atom. The zero-order chi connectivity index (χ0) is 10.8. The highest BCUT2D eigenvalue weighted by Crippen LogP contribution is 2.21. The van der Waals surface area contributed by atoms with Gasteiger partial charge in [-0.1, -0.05) is 18.2 Å². The van der Waals surface area contributed by atoms with Crippen LogP contribution in [0, 0.1) is 0 Å². The lowest BCUT2D eigenvalue weighted by Gasteiger charge is -2.02. The average Bonchev–Trinajstić information content (AvgIpc) is 2.54. The van der Waals surface area contributed by atoms with Crippen molar-refractivity contribution in [3.05, 3.63) is 36.0 Å². The molecule has 0 aliphatic heterocycles. The van der Waals surface area contributed by atoms with Gasteiger partial charge in [-0.05, 0) is 24.5 Å². The summed E-state index contributed by atoms with van der Waals surface area (Å²) in [5, 5.41) is 10.3. The van der Waals surface area contributed by atoms with E-state index >= 15 is 0 Å². The first-order valence-electron chi connectivity index (χ1n) is 5.15. The quantitative estimate of drug-likeness (QED) is 0.742. The maximum atomic E-state index is 9.06. The van der Waals surface area contributed by atoms with Crippen molar-refractivity contribution in [2.75, 3.05) is 0 Å². The van der Waals surface area contributed by atoms with Crippen molar-refractivity contribution in [3.8, 4) is 0 Å². The molecular formula is C12H16N2O. The van der Waals surface area contributed by atoms with Gasteiger partial charge >= 0.3 is 0 Å². The summed E-state index contributed by atoms with van der Waals surface area (Å²) in [4.78, 5) is 0. The molecule has 0 saturated heterocycles. The Morgan fingerprint density at radius 1 is 1.40 bits per heavy atom. The molecule has 0 spiro atoms. The summed E-state index contributed by atoms with van der Waals surface area (Å²) in [6.45, 7) is 0. The number of fused-ring (bicyclic) bond motifs is 1. The maximum Gasteiger partial charge on any atom is 0.102 e. The Kier molecular flexibility index (Phi) is 2.75. The normalized spacial score (nSPS) is 13.3. The summed E-state index contributed by atoms with van der Waals surface area (Å²) in [6.07, 6.45) is 2.81. The molecule has 3 heteroatoms. The van der Waals surface area contributed by atoms with Gasteiger partial charge in [0.25, 0.3) is 0 Å². The maximum absolute atomic E-state index is 9.06. The first-order chi connectivity index (χ1) is 7.18. The monoisotopic (exact) mass is 204 g/mol. The zero-order valence-electron chi connectivity index (χ0n) is 8.85. The topological polar surface area (TPSA) is 51.2 Å². The summed E-state index contributed by atoms with van der Waals surface area (Å²) < 4.78 is 2.10. The van der Waals surface area contributed by atoms with E-state index in [1.165, 1.54) is 16.5 Å². The minimum absolute atomic E-state index is 0.605. The Hall–Kier alpha value is -1.32. The third-order valence-corrected chi connectivity index (χ3v) is 2.69. The van der Waals surface area contributed by atoms with Gasteiger partial charge in [0.05, 0.1) is 0 Å². The lowest BCUT2D eigenvalue weighted by Crippen LogP contribution is -2.19. The lowest BCUT2D eigenvalue weighted by atomic mass is 10.1. The highest BCUT2D eigenvalue weighted by molar-refractivity contribution is 5.83. The molecule has 0 aliphatic carbocycles. The van der Waals surface area contributed by atoms with E-state index in [9.17, 15) is 0 Å². The molecule has 1 aromatic carbocycles. The smallest absolute Gasteiger partial charge is 0.102 e. The van der Waals surface area contributed by atoms with E-state index in [1.807, 2.05) is 19.2 Å². The Labute approximate surface area is 89.1 Å². The second-order valence-electron chi connectivity index (χ2n) is 3.89. The van der Waals surface area contributed by atoms with Gasteiger partial charge in [-0.2, -0.15) is 0 Å². The van der Waals surface area contributed by atoms with Gasteiger partial charge in [0.1, 0.15) is 6.23 Å². The molecule has 80 valence electrons. The van der Waals surface area contributed by atoms with E-state index in [-0.39, 0.29) is 0 Å². The molecule has 3 N–H and O–H groups in total. The summed E-state index contributed by atoms with van der Waals surface area (Å²) in [5.41, 5.74) is 7.81. The molecule has 2 rings (SSSR count). The number of nitrogens with two attached hydrogens (primary N) is 1. The van der Waals surface area contributed by atoms with Crippen LogP contribution >= 0.6 is 0 Å². The van der Waals surface area contributed by atoms with Crippen LogP contribution in [0.25, 0.3) is 10.9 Å². The molecule has 1 atom stereocenters. The molecular weight excluding hydrogens is 188 g/mol. The molecule has 0 radical (unpaired) electrons. The largest absolute Gasteiger partial charge is 0.379 e.